The Hall–Kier alpha value is -6.20. The van der Waals surface area contributed by atoms with Crippen LogP contribution in [0, 0.1) is 5.41 Å². The number of aliphatic imine (C=N–C) groups is 1. The first-order chi connectivity index (χ1) is 31.1. The number of aromatic nitrogens is 3. The maximum absolute atomic E-state index is 12.4. The summed E-state index contributed by atoms with van der Waals surface area (Å²) in [4.78, 5) is 51.9. The quantitative estimate of drug-likeness (QED) is 0.0845. The number of benzene rings is 4. The normalized spacial score (nSPS) is 10.9. The number of halogens is 1. The SMILES string of the molecule is CC(C)(C)OC(=O)c1ncsc1Br.CC(C)(C)OC(=O)c1ncsc1N.CC(C)(C)OC(=O)c1ncsc1N=C(c1ccccc1)c1ccccc1.N=C(c1ccccc1)c1ccccc1. The van der Waals surface area contributed by atoms with Gasteiger partial charge in [-0.15, -0.1) is 34.0 Å². The van der Waals surface area contributed by atoms with E-state index in [1.54, 1.807) is 31.8 Å². The Morgan fingerprint density at radius 2 is 0.848 bits per heavy atom. The van der Waals surface area contributed by atoms with E-state index in [9.17, 15) is 14.4 Å². The van der Waals surface area contributed by atoms with Crippen LogP contribution in [0.4, 0.5) is 10.0 Å². The first-order valence-electron chi connectivity index (χ1n) is 20.4. The lowest BCUT2D eigenvalue weighted by molar-refractivity contribution is 0.00510. The van der Waals surface area contributed by atoms with Crippen LogP contribution in [0.3, 0.4) is 0 Å². The highest BCUT2D eigenvalue weighted by atomic mass is 79.9. The van der Waals surface area contributed by atoms with Crippen LogP contribution in [0.2, 0.25) is 0 Å². The summed E-state index contributed by atoms with van der Waals surface area (Å²) in [6.07, 6.45) is 0. The molecule has 3 aromatic heterocycles. The second-order valence-electron chi connectivity index (χ2n) is 16.9. The smallest absolute Gasteiger partial charge is 0.360 e. The van der Waals surface area contributed by atoms with Gasteiger partial charge in [-0.25, -0.2) is 34.3 Å². The molecule has 0 unspecified atom stereocenters. The molecular formula is C50H53BrN6O6S3. The van der Waals surface area contributed by atoms with Gasteiger partial charge in [0, 0.05) is 11.1 Å². The maximum Gasteiger partial charge on any atom is 0.360 e. The molecule has 12 nitrogen and oxygen atoms in total. The van der Waals surface area contributed by atoms with E-state index in [-0.39, 0.29) is 17.4 Å². The van der Waals surface area contributed by atoms with Crippen LogP contribution in [-0.4, -0.2) is 61.1 Å². The molecule has 344 valence electrons. The van der Waals surface area contributed by atoms with Gasteiger partial charge in [-0.3, -0.25) is 5.41 Å². The van der Waals surface area contributed by atoms with Crippen molar-refractivity contribution in [2.24, 2.45) is 4.99 Å². The van der Waals surface area contributed by atoms with E-state index < -0.39 is 28.7 Å². The van der Waals surface area contributed by atoms with E-state index in [1.165, 1.54) is 39.5 Å². The number of hydrogen-bond acceptors (Lipinski definition) is 15. The third-order valence-corrected chi connectivity index (χ3v) is 10.8. The number of nitrogens with two attached hydrogens (primary N) is 1. The molecule has 7 rings (SSSR count). The van der Waals surface area contributed by atoms with Gasteiger partial charge in [0.15, 0.2) is 22.1 Å². The zero-order valence-electron chi connectivity index (χ0n) is 38.2. The van der Waals surface area contributed by atoms with Gasteiger partial charge >= 0.3 is 17.9 Å². The number of ether oxygens (including phenoxy) is 3. The summed E-state index contributed by atoms with van der Waals surface area (Å²) in [5.74, 6) is -1.31. The molecule has 0 atom stereocenters. The molecule has 66 heavy (non-hydrogen) atoms. The predicted molar refractivity (Wildman–Crippen MR) is 271 cm³/mol. The summed E-state index contributed by atoms with van der Waals surface area (Å²) >= 11 is 7.14. The average molecular weight is 1010 g/mol. The summed E-state index contributed by atoms with van der Waals surface area (Å²) in [5.41, 5.74) is 14.7. The highest BCUT2D eigenvalue weighted by molar-refractivity contribution is 9.11. The molecule has 0 saturated heterocycles. The number of anilines is 1. The summed E-state index contributed by atoms with van der Waals surface area (Å²) in [6.45, 7) is 16.4. The summed E-state index contributed by atoms with van der Waals surface area (Å²) < 4.78 is 16.4. The van der Waals surface area contributed by atoms with Crippen molar-refractivity contribution in [3.8, 4) is 0 Å². The Bertz CT molecular complexity index is 2520. The van der Waals surface area contributed by atoms with Crippen LogP contribution in [0.25, 0.3) is 0 Å². The van der Waals surface area contributed by atoms with Gasteiger partial charge in [0.05, 0.1) is 28.0 Å². The number of carbonyl (C=O) groups is 3. The van der Waals surface area contributed by atoms with Gasteiger partial charge in [-0.2, -0.15) is 0 Å². The second-order valence-corrected chi connectivity index (χ2v) is 20.7. The van der Waals surface area contributed by atoms with E-state index in [1.807, 2.05) is 163 Å². The molecule has 0 spiro atoms. The Morgan fingerprint density at radius 3 is 1.21 bits per heavy atom. The van der Waals surface area contributed by atoms with Gasteiger partial charge in [0.25, 0.3) is 0 Å². The minimum absolute atomic E-state index is 0.208. The van der Waals surface area contributed by atoms with Crippen molar-refractivity contribution in [2.75, 3.05) is 5.73 Å². The molecule has 0 fully saturated rings. The monoisotopic (exact) mass is 1010 g/mol. The van der Waals surface area contributed by atoms with Gasteiger partial charge in [-0.1, -0.05) is 121 Å². The number of esters is 3. The lowest BCUT2D eigenvalue weighted by Gasteiger charge is -2.18. The van der Waals surface area contributed by atoms with Crippen molar-refractivity contribution >= 4 is 89.3 Å². The Kier molecular flexibility index (Phi) is 19.3. The predicted octanol–water partition coefficient (Wildman–Crippen LogP) is 12.9. The number of hydrogen-bond donors (Lipinski definition) is 2. The molecule has 0 aliphatic heterocycles. The molecule has 4 aromatic carbocycles. The van der Waals surface area contributed by atoms with Gasteiger partial charge in [-0.05, 0) is 89.4 Å². The highest BCUT2D eigenvalue weighted by Gasteiger charge is 2.24. The van der Waals surface area contributed by atoms with Crippen molar-refractivity contribution in [3.63, 3.8) is 0 Å². The second kappa shape index (κ2) is 24.4. The average Bonchev–Trinajstić information content (AvgIpc) is 4.04. The Labute approximate surface area is 406 Å². The molecule has 0 aliphatic rings. The lowest BCUT2D eigenvalue weighted by atomic mass is 10.0. The number of nitrogen functional groups attached to an aromatic ring is 1. The van der Waals surface area contributed by atoms with Crippen LogP contribution in [0.5, 0.6) is 0 Å². The number of rotatable bonds is 8. The van der Waals surface area contributed by atoms with Crippen molar-refractivity contribution in [1.82, 2.24) is 15.0 Å². The Morgan fingerprint density at radius 1 is 0.515 bits per heavy atom. The van der Waals surface area contributed by atoms with E-state index in [2.05, 4.69) is 30.9 Å². The fraction of sp³-hybridized carbons (Fsp3) is 0.240. The zero-order valence-corrected chi connectivity index (χ0v) is 42.2. The van der Waals surface area contributed by atoms with Gasteiger partial charge in [0.2, 0.25) is 0 Å². The molecule has 0 aliphatic carbocycles. The minimum Gasteiger partial charge on any atom is -0.455 e. The fourth-order valence-corrected chi connectivity index (χ4v) is 7.36. The number of thiazole rings is 3. The molecule has 3 N–H and O–H groups in total. The fourth-order valence-electron chi connectivity index (χ4n) is 5.18. The highest BCUT2D eigenvalue weighted by Crippen LogP contribution is 2.29. The molecular weight excluding hydrogens is 957 g/mol. The summed E-state index contributed by atoms with van der Waals surface area (Å²) in [5, 5.41) is 8.91. The van der Waals surface area contributed by atoms with E-state index >= 15 is 0 Å². The molecule has 0 radical (unpaired) electrons. The molecule has 3 heterocycles. The Balaban J connectivity index is 0.000000204. The standard InChI is InChI=1S/C21H20N2O2S.C13H11N.C8H10BrNO2S.C8H12N2O2S/c1-21(2,3)25-20(24)18-19(26-14-22-18)23-17(15-10-6-4-7-11-15)16-12-8-5-9-13-16;14-13(11-7-3-1-4-8-11)12-9-5-2-6-10-12;2*1-8(2,3)12-7(11)5-6(9)13-4-10-5/h4-14H,1-3H3;1-10,14H;4H,1-3H3;4H,9H2,1-3H3. The minimum atomic E-state index is -0.580. The molecule has 16 heteroatoms. The first kappa shape index (κ1) is 52.4. The van der Waals surface area contributed by atoms with Crippen LogP contribution in [0.1, 0.15) is 116 Å². The van der Waals surface area contributed by atoms with Crippen LogP contribution in [-0.2, 0) is 14.2 Å². The van der Waals surface area contributed by atoms with Crippen molar-refractivity contribution in [3.05, 3.63) is 181 Å². The van der Waals surface area contributed by atoms with Crippen LogP contribution in [0.15, 0.2) is 147 Å². The largest absolute Gasteiger partial charge is 0.455 e. The summed E-state index contributed by atoms with van der Waals surface area (Å²) in [6, 6.07) is 39.3. The van der Waals surface area contributed by atoms with Gasteiger partial charge < -0.3 is 19.9 Å². The topological polar surface area (TPSA) is 180 Å². The van der Waals surface area contributed by atoms with Gasteiger partial charge in [0.1, 0.15) is 25.6 Å². The number of carbonyl (C=O) groups excluding carboxylic acids is 3. The third kappa shape index (κ3) is 17.6. The van der Waals surface area contributed by atoms with Crippen LogP contribution < -0.4 is 5.73 Å². The molecule has 0 saturated carbocycles. The molecule has 0 bridgehead atoms. The van der Waals surface area contributed by atoms with Crippen LogP contribution >= 0.6 is 49.9 Å². The zero-order chi connectivity index (χ0) is 48.5. The molecule has 7 aromatic rings. The van der Waals surface area contributed by atoms with Crippen molar-refractivity contribution < 1.29 is 28.6 Å². The molecule has 0 amide bonds. The van der Waals surface area contributed by atoms with Crippen molar-refractivity contribution in [2.45, 2.75) is 79.1 Å². The van der Waals surface area contributed by atoms with E-state index in [0.717, 1.165) is 28.0 Å². The summed E-state index contributed by atoms with van der Waals surface area (Å²) in [7, 11) is 0. The third-order valence-electron chi connectivity index (χ3n) is 7.88. The number of nitrogens with one attached hydrogen (secondary N) is 1. The van der Waals surface area contributed by atoms with E-state index in [0.29, 0.717) is 25.2 Å². The number of nitrogens with zero attached hydrogens (tertiary/aromatic N) is 4. The first-order valence-corrected chi connectivity index (χ1v) is 23.9. The lowest BCUT2D eigenvalue weighted by Crippen LogP contribution is -2.24. The van der Waals surface area contributed by atoms with E-state index in [4.69, 9.17) is 30.3 Å². The maximum atomic E-state index is 12.4. The van der Waals surface area contributed by atoms with Crippen molar-refractivity contribution in [1.29, 1.82) is 5.41 Å².